The molecule has 0 bridgehead atoms. The average molecular weight is 462 g/mol. The number of pyridine rings is 2. The highest BCUT2D eigenvalue weighted by Crippen LogP contribution is 2.34. The Kier molecular flexibility index (Phi) is 6.76. The van der Waals surface area contributed by atoms with E-state index in [0.29, 0.717) is 6.04 Å². The first-order valence-electron chi connectivity index (χ1n) is 12.2. The van der Waals surface area contributed by atoms with Gasteiger partial charge in [-0.05, 0) is 45.2 Å². The number of fused-ring (bicyclic) bond motifs is 1. The van der Waals surface area contributed by atoms with E-state index < -0.39 is 0 Å². The van der Waals surface area contributed by atoms with Crippen LogP contribution in [-0.4, -0.2) is 49.4 Å². The number of hydrogen-bond donors (Lipinski definition) is 0. The molecule has 4 heterocycles. The van der Waals surface area contributed by atoms with Crippen LogP contribution >= 0.6 is 0 Å². The van der Waals surface area contributed by atoms with E-state index in [1.807, 2.05) is 0 Å². The van der Waals surface area contributed by atoms with Crippen molar-refractivity contribution in [3.05, 3.63) is 51.7 Å². The van der Waals surface area contributed by atoms with E-state index in [2.05, 4.69) is 67.7 Å². The summed E-state index contributed by atoms with van der Waals surface area (Å²) in [6, 6.07) is 8.94. The van der Waals surface area contributed by atoms with Gasteiger partial charge in [0.05, 0.1) is 29.2 Å². The van der Waals surface area contributed by atoms with Crippen molar-refractivity contribution >= 4 is 16.7 Å². The number of piperazine rings is 1. The van der Waals surface area contributed by atoms with Crippen LogP contribution in [-0.2, 0) is 13.6 Å². The van der Waals surface area contributed by atoms with Crippen LogP contribution in [0, 0.1) is 25.2 Å². The van der Waals surface area contributed by atoms with Crippen LogP contribution < -0.4 is 10.5 Å². The number of nitrogens with zero attached hydrogens (tertiary/aromatic N) is 7. The second-order valence-electron chi connectivity index (χ2n) is 9.43. The van der Waals surface area contributed by atoms with Crippen molar-refractivity contribution in [3.63, 3.8) is 0 Å². The van der Waals surface area contributed by atoms with Crippen LogP contribution in [0.3, 0.4) is 0 Å². The standard InChI is InChI=1S/C26H35N7O/c1-7-20-15-33(23-13-25(34)30(6)24-16-31(12-11-27)29-26(23)24)21(8-2)14-32(20)19(5)22-10-9-17(3)18(4)28-22/h9-10,13,16,19-21H,7-8,12,14-15H2,1-6H3/t19?,20-,21+/m1/s1. The highest BCUT2D eigenvalue weighted by molar-refractivity contribution is 5.88. The topological polar surface area (TPSA) is 83.0 Å². The van der Waals surface area contributed by atoms with E-state index in [4.69, 9.17) is 10.2 Å². The molecule has 1 aliphatic heterocycles. The lowest BCUT2D eigenvalue weighted by atomic mass is 9.98. The summed E-state index contributed by atoms with van der Waals surface area (Å²) in [6.07, 6.45) is 3.75. The van der Waals surface area contributed by atoms with Crippen LogP contribution in [0.25, 0.3) is 11.0 Å². The normalized spacial score (nSPS) is 20.0. The molecule has 34 heavy (non-hydrogen) atoms. The van der Waals surface area contributed by atoms with E-state index in [1.54, 1.807) is 28.6 Å². The monoisotopic (exact) mass is 461 g/mol. The predicted octanol–water partition coefficient (Wildman–Crippen LogP) is 3.71. The van der Waals surface area contributed by atoms with Crippen molar-refractivity contribution in [1.82, 2.24) is 24.2 Å². The van der Waals surface area contributed by atoms with Crippen LogP contribution in [0.2, 0.25) is 0 Å². The SMILES string of the molecule is CC[C@H]1CN(C(C)c2ccc(C)c(C)n2)[C@H](CC)CN1c1cc(=O)n(C)c2cn(CC#N)nc12. The van der Waals surface area contributed by atoms with E-state index in [0.717, 1.165) is 54.0 Å². The summed E-state index contributed by atoms with van der Waals surface area (Å²) >= 11 is 0. The molecule has 0 aliphatic carbocycles. The van der Waals surface area contributed by atoms with Crippen molar-refractivity contribution in [3.8, 4) is 6.07 Å². The van der Waals surface area contributed by atoms with Crippen LogP contribution in [0.5, 0.6) is 0 Å². The fourth-order valence-electron chi connectivity index (χ4n) is 5.12. The maximum atomic E-state index is 12.8. The summed E-state index contributed by atoms with van der Waals surface area (Å²) in [6.45, 7) is 12.7. The molecule has 0 saturated carbocycles. The lowest BCUT2D eigenvalue weighted by molar-refractivity contribution is 0.0991. The highest BCUT2D eigenvalue weighted by atomic mass is 16.1. The molecule has 1 fully saturated rings. The lowest BCUT2D eigenvalue weighted by Crippen LogP contribution is -2.59. The predicted molar refractivity (Wildman–Crippen MR) is 135 cm³/mol. The van der Waals surface area contributed by atoms with Crippen LogP contribution in [0.15, 0.2) is 29.2 Å². The molecule has 0 N–H and O–H groups in total. The zero-order valence-electron chi connectivity index (χ0n) is 21.1. The zero-order valence-corrected chi connectivity index (χ0v) is 21.1. The van der Waals surface area contributed by atoms with Crippen molar-refractivity contribution in [2.45, 2.75) is 72.1 Å². The van der Waals surface area contributed by atoms with Gasteiger partial charge in [-0.2, -0.15) is 10.4 Å². The van der Waals surface area contributed by atoms with Crippen molar-refractivity contribution < 1.29 is 0 Å². The fraction of sp³-hybridized carbons (Fsp3) is 0.538. The average Bonchev–Trinajstić information content (AvgIpc) is 3.26. The van der Waals surface area contributed by atoms with Gasteiger partial charge in [-0.1, -0.05) is 19.9 Å². The van der Waals surface area contributed by atoms with Gasteiger partial charge >= 0.3 is 0 Å². The number of aryl methyl sites for hydroxylation is 3. The second kappa shape index (κ2) is 9.59. The van der Waals surface area contributed by atoms with Crippen LogP contribution in [0.1, 0.15) is 56.6 Å². The Morgan fingerprint density at radius 1 is 1.18 bits per heavy atom. The first-order chi connectivity index (χ1) is 16.3. The van der Waals surface area contributed by atoms with Gasteiger partial charge in [-0.25, -0.2) is 0 Å². The van der Waals surface area contributed by atoms with Crippen LogP contribution in [0.4, 0.5) is 5.69 Å². The minimum absolute atomic E-state index is 0.0583. The molecule has 180 valence electrons. The maximum absolute atomic E-state index is 12.8. The molecule has 3 aromatic rings. The fourth-order valence-corrected chi connectivity index (χ4v) is 5.12. The van der Waals surface area contributed by atoms with Gasteiger partial charge in [0, 0.05) is 50.0 Å². The van der Waals surface area contributed by atoms with Crippen molar-refractivity contribution in [2.24, 2.45) is 7.05 Å². The van der Waals surface area contributed by atoms with Gasteiger partial charge in [0.2, 0.25) is 0 Å². The molecule has 1 unspecified atom stereocenters. The Bertz CT molecular complexity index is 1280. The van der Waals surface area contributed by atoms with Gasteiger partial charge in [0.15, 0.2) is 0 Å². The minimum atomic E-state index is -0.0583. The molecule has 8 nitrogen and oxygen atoms in total. The zero-order chi connectivity index (χ0) is 24.6. The second-order valence-corrected chi connectivity index (χ2v) is 9.43. The molecule has 0 aromatic carbocycles. The molecule has 3 aromatic heterocycles. The molecular formula is C26H35N7O. The maximum Gasteiger partial charge on any atom is 0.252 e. The van der Waals surface area contributed by atoms with Crippen molar-refractivity contribution in [2.75, 3.05) is 18.0 Å². The van der Waals surface area contributed by atoms with Gasteiger partial charge < -0.3 is 9.47 Å². The number of anilines is 1. The first-order valence-corrected chi connectivity index (χ1v) is 12.2. The largest absolute Gasteiger partial charge is 0.364 e. The third-order valence-electron chi connectivity index (χ3n) is 7.46. The van der Waals surface area contributed by atoms with Gasteiger partial charge in [0.25, 0.3) is 5.56 Å². The Morgan fingerprint density at radius 2 is 1.91 bits per heavy atom. The first kappa shape index (κ1) is 24.0. The van der Waals surface area contributed by atoms with Crippen molar-refractivity contribution in [1.29, 1.82) is 5.26 Å². The quantitative estimate of drug-likeness (QED) is 0.557. The summed E-state index contributed by atoms with van der Waals surface area (Å²) < 4.78 is 3.23. The number of hydrogen-bond acceptors (Lipinski definition) is 6. The molecule has 3 atom stereocenters. The Hall–Kier alpha value is -3.18. The number of nitriles is 1. The third-order valence-corrected chi connectivity index (χ3v) is 7.46. The van der Waals surface area contributed by atoms with E-state index >= 15 is 0 Å². The molecular weight excluding hydrogens is 426 g/mol. The molecule has 0 spiro atoms. The molecule has 0 radical (unpaired) electrons. The summed E-state index contributed by atoms with van der Waals surface area (Å²) in [4.78, 5) is 22.7. The number of rotatable bonds is 6. The Labute approximate surface area is 201 Å². The third kappa shape index (κ3) is 4.21. The summed E-state index contributed by atoms with van der Waals surface area (Å²) in [5.41, 5.74) is 5.76. The van der Waals surface area contributed by atoms with E-state index in [-0.39, 0.29) is 24.2 Å². The lowest BCUT2D eigenvalue weighted by Gasteiger charge is -2.49. The van der Waals surface area contributed by atoms with E-state index in [1.165, 1.54) is 5.56 Å². The highest BCUT2D eigenvalue weighted by Gasteiger charge is 2.36. The molecule has 4 rings (SSSR count). The summed E-state index contributed by atoms with van der Waals surface area (Å²) in [7, 11) is 1.76. The summed E-state index contributed by atoms with van der Waals surface area (Å²) in [5, 5.41) is 13.8. The van der Waals surface area contributed by atoms with E-state index in [9.17, 15) is 4.79 Å². The summed E-state index contributed by atoms with van der Waals surface area (Å²) in [5.74, 6) is 0. The van der Waals surface area contributed by atoms with Gasteiger partial charge in [-0.3, -0.25) is 19.4 Å². The Morgan fingerprint density at radius 3 is 2.56 bits per heavy atom. The molecule has 1 aliphatic rings. The van der Waals surface area contributed by atoms with Gasteiger partial charge in [-0.15, -0.1) is 0 Å². The smallest absolute Gasteiger partial charge is 0.252 e. The molecule has 0 amide bonds. The molecule has 8 heteroatoms. The number of aromatic nitrogens is 4. The molecule has 1 saturated heterocycles. The minimum Gasteiger partial charge on any atom is -0.364 e. The van der Waals surface area contributed by atoms with Gasteiger partial charge in [0.1, 0.15) is 12.1 Å². The Balaban J connectivity index is 1.72.